The predicted molar refractivity (Wildman–Crippen MR) is 102 cm³/mol. The fraction of sp³-hybridized carbons (Fsp3) is 0.316. The molecule has 2 rings (SSSR count). The normalized spacial score (nSPS) is 10.6. The maximum Gasteiger partial charge on any atom is 0.234 e. The van der Waals surface area contributed by atoms with Crippen molar-refractivity contribution >= 4 is 21.8 Å². The molecule has 0 fully saturated rings. The van der Waals surface area contributed by atoms with E-state index in [0.717, 1.165) is 27.1 Å². The van der Waals surface area contributed by atoms with Crippen molar-refractivity contribution < 1.29 is 14.3 Å². The van der Waals surface area contributed by atoms with E-state index in [-0.39, 0.29) is 5.91 Å². The van der Waals surface area contributed by atoms with Crippen LogP contribution in [-0.4, -0.2) is 38.6 Å². The lowest BCUT2D eigenvalue weighted by molar-refractivity contribution is -0.122. The van der Waals surface area contributed by atoms with E-state index in [4.69, 9.17) is 9.47 Å². The summed E-state index contributed by atoms with van der Waals surface area (Å²) in [4.78, 5) is 14.1. The lowest BCUT2D eigenvalue weighted by atomic mass is 10.2. The fourth-order valence-electron chi connectivity index (χ4n) is 2.46. The number of hydrogen-bond acceptors (Lipinski definition) is 4. The highest BCUT2D eigenvalue weighted by atomic mass is 79.9. The molecule has 5 nitrogen and oxygen atoms in total. The van der Waals surface area contributed by atoms with Gasteiger partial charge in [0.1, 0.15) is 11.5 Å². The lowest BCUT2D eigenvalue weighted by Gasteiger charge is -2.18. The van der Waals surface area contributed by atoms with Gasteiger partial charge in [0.25, 0.3) is 0 Å². The topological polar surface area (TPSA) is 50.8 Å². The number of rotatable bonds is 8. The highest BCUT2D eigenvalue weighted by Crippen LogP contribution is 2.23. The molecule has 0 spiro atoms. The van der Waals surface area contributed by atoms with Crippen LogP contribution >= 0.6 is 15.9 Å². The monoisotopic (exact) mass is 406 g/mol. The van der Waals surface area contributed by atoms with E-state index in [9.17, 15) is 4.79 Å². The first kappa shape index (κ1) is 19.3. The zero-order chi connectivity index (χ0) is 18.2. The van der Waals surface area contributed by atoms with Crippen molar-refractivity contribution in [3.05, 3.63) is 58.1 Å². The second-order valence-electron chi connectivity index (χ2n) is 5.75. The van der Waals surface area contributed by atoms with E-state index in [2.05, 4.69) is 21.2 Å². The van der Waals surface area contributed by atoms with E-state index < -0.39 is 0 Å². The van der Waals surface area contributed by atoms with E-state index in [1.807, 2.05) is 54.4 Å². The van der Waals surface area contributed by atoms with Gasteiger partial charge in [-0.2, -0.15) is 0 Å². The maximum atomic E-state index is 12.1. The number of nitrogens with one attached hydrogen (secondary N) is 1. The molecule has 0 radical (unpaired) electrons. The summed E-state index contributed by atoms with van der Waals surface area (Å²) in [6, 6.07) is 13.5. The summed E-state index contributed by atoms with van der Waals surface area (Å²) < 4.78 is 11.5. The van der Waals surface area contributed by atoms with Crippen LogP contribution in [0.3, 0.4) is 0 Å². The highest BCUT2D eigenvalue weighted by molar-refractivity contribution is 9.10. The number of amides is 1. The molecule has 1 amide bonds. The molecular weight excluding hydrogens is 384 g/mol. The molecule has 0 heterocycles. The smallest absolute Gasteiger partial charge is 0.234 e. The average Bonchev–Trinajstić information content (AvgIpc) is 2.60. The number of carbonyl (C=O) groups is 1. The van der Waals surface area contributed by atoms with Crippen molar-refractivity contribution in [3.8, 4) is 11.5 Å². The Morgan fingerprint density at radius 2 is 1.84 bits per heavy atom. The Hall–Kier alpha value is -2.05. The largest absolute Gasteiger partial charge is 0.497 e. The second-order valence-corrected chi connectivity index (χ2v) is 6.67. The molecule has 0 unspecified atom stereocenters. The standard InChI is InChI=1S/C19H23BrN2O3/c1-22(12-15-10-16(20)6-9-18(15)25-3)13-19(23)21-11-14-4-7-17(24-2)8-5-14/h4-10H,11-13H2,1-3H3,(H,21,23). The van der Waals surface area contributed by atoms with Gasteiger partial charge < -0.3 is 14.8 Å². The molecule has 0 aliphatic rings. The minimum absolute atomic E-state index is 0.0210. The summed E-state index contributed by atoms with van der Waals surface area (Å²) in [5.74, 6) is 1.60. The summed E-state index contributed by atoms with van der Waals surface area (Å²) in [6.07, 6.45) is 0. The Kier molecular flexibility index (Phi) is 7.28. The third-order valence-electron chi connectivity index (χ3n) is 3.74. The van der Waals surface area contributed by atoms with Gasteiger partial charge in [-0.15, -0.1) is 0 Å². The first-order chi connectivity index (χ1) is 12.0. The molecule has 6 heteroatoms. The second kappa shape index (κ2) is 9.44. The van der Waals surface area contributed by atoms with Gasteiger partial charge in [-0.25, -0.2) is 0 Å². The lowest BCUT2D eigenvalue weighted by Crippen LogP contribution is -2.34. The first-order valence-electron chi connectivity index (χ1n) is 7.92. The van der Waals surface area contributed by atoms with Gasteiger partial charge >= 0.3 is 0 Å². The van der Waals surface area contributed by atoms with Crippen LogP contribution in [-0.2, 0) is 17.9 Å². The molecule has 0 aliphatic heterocycles. The van der Waals surface area contributed by atoms with Gasteiger partial charge in [-0.1, -0.05) is 28.1 Å². The molecule has 2 aromatic rings. The Morgan fingerprint density at radius 1 is 1.12 bits per heavy atom. The van der Waals surface area contributed by atoms with Gasteiger partial charge in [0.05, 0.1) is 20.8 Å². The minimum atomic E-state index is -0.0210. The van der Waals surface area contributed by atoms with Crippen LogP contribution in [0.4, 0.5) is 0 Å². The predicted octanol–water partition coefficient (Wildman–Crippen LogP) is 3.21. The van der Waals surface area contributed by atoms with Gasteiger partial charge in [-0.05, 0) is 42.9 Å². The van der Waals surface area contributed by atoms with Crippen LogP contribution < -0.4 is 14.8 Å². The number of hydrogen-bond donors (Lipinski definition) is 1. The summed E-state index contributed by atoms with van der Waals surface area (Å²) >= 11 is 3.46. The van der Waals surface area contributed by atoms with Crippen LogP contribution in [0.25, 0.3) is 0 Å². The number of benzene rings is 2. The number of methoxy groups -OCH3 is 2. The van der Waals surface area contributed by atoms with Crippen LogP contribution in [0.5, 0.6) is 11.5 Å². The number of likely N-dealkylation sites (N-methyl/N-ethyl adjacent to an activating group) is 1. The fourth-order valence-corrected chi connectivity index (χ4v) is 2.87. The molecule has 0 aromatic heterocycles. The average molecular weight is 407 g/mol. The van der Waals surface area contributed by atoms with Gasteiger partial charge in [0, 0.05) is 23.1 Å². The van der Waals surface area contributed by atoms with Crippen molar-refractivity contribution in [1.82, 2.24) is 10.2 Å². The van der Waals surface area contributed by atoms with Crippen LogP contribution in [0, 0.1) is 0 Å². The van der Waals surface area contributed by atoms with E-state index in [1.165, 1.54) is 0 Å². The van der Waals surface area contributed by atoms with Crippen molar-refractivity contribution in [3.63, 3.8) is 0 Å². The van der Waals surface area contributed by atoms with Crippen molar-refractivity contribution in [2.45, 2.75) is 13.1 Å². The van der Waals surface area contributed by atoms with Crippen molar-refractivity contribution in [2.24, 2.45) is 0 Å². The number of ether oxygens (including phenoxy) is 2. The van der Waals surface area contributed by atoms with E-state index in [0.29, 0.717) is 19.6 Å². The van der Waals surface area contributed by atoms with Crippen LogP contribution in [0.2, 0.25) is 0 Å². The van der Waals surface area contributed by atoms with Gasteiger partial charge in [0.15, 0.2) is 0 Å². The minimum Gasteiger partial charge on any atom is -0.497 e. The Bertz CT molecular complexity index is 704. The molecule has 0 saturated carbocycles. The molecular formula is C19H23BrN2O3. The zero-order valence-corrected chi connectivity index (χ0v) is 16.3. The number of halogens is 1. The Balaban J connectivity index is 1.84. The van der Waals surface area contributed by atoms with Crippen LogP contribution in [0.15, 0.2) is 46.9 Å². The summed E-state index contributed by atoms with van der Waals surface area (Å²) in [7, 11) is 5.19. The van der Waals surface area contributed by atoms with Crippen LogP contribution in [0.1, 0.15) is 11.1 Å². The van der Waals surface area contributed by atoms with Crippen molar-refractivity contribution in [1.29, 1.82) is 0 Å². The summed E-state index contributed by atoms with van der Waals surface area (Å²) in [5.41, 5.74) is 2.06. The summed E-state index contributed by atoms with van der Waals surface area (Å²) in [5, 5.41) is 2.93. The van der Waals surface area contributed by atoms with E-state index >= 15 is 0 Å². The molecule has 25 heavy (non-hydrogen) atoms. The van der Waals surface area contributed by atoms with Crippen molar-refractivity contribution in [2.75, 3.05) is 27.8 Å². The number of carbonyl (C=O) groups excluding carboxylic acids is 1. The highest BCUT2D eigenvalue weighted by Gasteiger charge is 2.10. The quantitative estimate of drug-likeness (QED) is 0.730. The Labute approximate surface area is 157 Å². The third-order valence-corrected chi connectivity index (χ3v) is 4.24. The maximum absolute atomic E-state index is 12.1. The zero-order valence-electron chi connectivity index (χ0n) is 14.7. The Morgan fingerprint density at radius 3 is 2.48 bits per heavy atom. The molecule has 0 atom stereocenters. The molecule has 134 valence electrons. The molecule has 1 N–H and O–H groups in total. The third kappa shape index (κ3) is 6.07. The van der Waals surface area contributed by atoms with E-state index in [1.54, 1.807) is 14.2 Å². The first-order valence-corrected chi connectivity index (χ1v) is 8.71. The SMILES string of the molecule is COc1ccc(CNC(=O)CN(C)Cc2cc(Br)ccc2OC)cc1. The molecule has 2 aromatic carbocycles. The summed E-state index contributed by atoms with van der Waals surface area (Å²) in [6.45, 7) is 1.43. The molecule has 0 bridgehead atoms. The van der Waals surface area contributed by atoms with Gasteiger partial charge in [0.2, 0.25) is 5.91 Å². The van der Waals surface area contributed by atoms with Gasteiger partial charge in [-0.3, -0.25) is 9.69 Å². The number of nitrogens with zero attached hydrogens (tertiary/aromatic N) is 1. The molecule has 0 aliphatic carbocycles. The molecule has 0 saturated heterocycles.